The van der Waals surface area contributed by atoms with Crippen molar-refractivity contribution in [3.63, 3.8) is 0 Å². The van der Waals surface area contributed by atoms with Gasteiger partial charge in [-0.15, -0.1) is 11.3 Å². The zero-order chi connectivity index (χ0) is 24.4. The van der Waals surface area contributed by atoms with Crippen LogP contribution in [0.1, 0.15) is 38.4 Å². The summed E-state index contributed by atoms with van der Waals surface area (Å²) in [6.45, 7) is 1.12. The van der Waals surface area contributed by atoms with Crippen LogP contribution in [0.25, 0.3) is 5.65 Å². The molecule has 5 rings (SSSR count). The first-order valence-corrected chi connectivity index (χ1v) is 12.5. The van der Waals surface area contributed by atoms with E-state index in [4.69, 9.17) is 0 Å². The van der Waals surface area contributed by atoms with Crippen LogP contribution in [-0.2, 0) is 6.42 Å². The van der Waals surface area contributed by atoms with E-state index in [2.05, 4.69) is 10.1 Å². The van der Waals surface area contributed by atoms with Crippen LogP contribution in [0, 0.1) is 11.7 Å². The second-order valence-electron chi connectivity index (χ2n) is 8.83. The SMILES string of the molecule is CN(C(=O)c1cccs1)[C@@H](Cc1ccccc1F)C1CCN(C(=O)c2cnn3cccnc23)CC1. The number of benzene rings is 1. The van der Waals surface area contributed by atoms with Crippen LogP contribution in [-0.4, -0.2) is 62.4 Å². The Kier molecular flexibility index (Phi) is 6.59. The van der Waals surface area contributed by atoms with Gasteiger partial charge in [-0.05, 0) is 54.3 Å². The topological polar surface area (TPSA) is 70.8 Å². The molecule has 1 atom stereocenters. The fraction of sp³-hybridized carbons (Fsp3) is 0.308. The van der Waals surface area contributed by atoms with E-state index in [1.54, 1.807) is 53.3 Å². The van der Waals surface area contributed by atoms with Crippen molar-refractivity contribution < 1.29 is 14.0 Å². The average molecular weight is 492 g/mol. The summed E-state index contributed by atoms with van der Waals surface area (Å²) in [5, 5.41) is 6.11. The van der Waals surface area contributed by atoms with Gasteiger partial charge < -0.3 is 9.80 Å². The predicted molar refractivity (Wildman–Crippen MR) is 132 cm³/mol. The van der Waals surface area contributed by atoms with Gasteiger partial charge in [-0.2, -0.15) is 5.10 Å². The van der Waals surface area contributed by atoms with Crippen LogP contribution < -0.4 is 0 Å². The number of carbonyl (C=O) groups excluding carboxylic acids is 2. The van der Waals surface area contributed by atoms with Gasteiger partial charge in [0.15, 0.2) is 5.65 Å². The number of fused-ring (bicyclic) bond motifs is 1. The average Bonchev–Trinajstić information content (AvgIpc) is 3.58. The maximum Gasteiger partial charge on any atom is 0.263 e. The summed E-state index contributed by atoms with van der Waals surface area (Å²) in [6, 6.07) is 12.0. The number of thiophene rings is 1. The number of likely N-dealkylation sites (N-methyl/N-ethyl adjacent to an activating group) is 1. The minimum absolute atomic E-state index is 0.0581. The fourth-order valence-corrected chi connectivity index (χ4v) is 5.58. The zero-order valence-corrected chi connectivity index (χ0v) is 20.2. The molecule has 2 amide bonds. The fourth-order valence-electron chi connectivity index (χ4n) is 4.87. The Labute approximate surface area is 206 Å². The lowest BCUT2D eigenvalue weighted by Gasteiger charge is -2.40. The molecule has 3 aromatic heterocycles. The predicted octanol–water partition coefficient (Wildman–Crippen LogP) is 4.17. The molecule has 1 aromatic carbocycles. The Hall–Kier alpha value is -3.59. The van der Waals surface area contributed by atoms with E-state index in [1.165, 1.54) is 17.4 Å². The smallest absolute Gasteiger partial charge is 0.263 e. The van der Waals surface area contributed by atoms with Crippen molar-refractivity contribution in [1.82, 2.24) is 24.4 Å². The molecule has 1 fully saturated rings. The van der Waals surface area contributed by atoms with E-state index >= 15 is 0 Å². The van der Waals surface area contributed by atoms with Crippen LogP contribution in [0.3, 0.4) is 0 Å². The van der Waals surface area contributed by atoms with Crippen molar-refractivity contribution in [2.45, 2.75) is 25.3 Å². The molecule has 4 aromatic rings. The normalized spacial score (nSPS) is 15.3. The highest BCUT2D eigenvalue weighted by atomic mass is 32.1. The summed E-state index contributed by atoms with van der Waals surface area (Å²) in [7, 11) is 1.80. The molecule has 0 N–H and O–H groups in total. The summed E-state index contributed by atoms with van der Waals surface area (Å²) >= 11 is 1.40. The molecule has 0 bridgehead atoms. The van der Waals surface area contributed by atoms with Crippen LogP contribution in [0.5, 0.6) is 0 Å². The highest BCUT2D eigenvalue weighted by Crippen LogP contribution is 2.29. The van der Waals surface area contributed by atoms with Gasteiger partial charge >= 0.3 is 0 Å². The van der Waals surface area contributed by atoms with E-state index in [0.717, 1.165) is 12.8 Å². The van der Waals surface area contributed by atoms with E-state index in [1.807, 2.05) is 28.5 Å². The molecule has 1 saturated heterocycles. The second kappa shape index (κ2) is 9.95. The molecule has 4 heterocycles. The van der Waals surface area contributed by atoms with Crippen molar-refractivity contribution in [3.8, 4) is 0 Å². The molecule has 35 heavy (non-hydrogen) atoms. The Balaban J connectivity index is 1.33. The van der Waals surface area contributed by atoms with Crippen LogP contribution >= 0.6 is 11.3 Å². The zero-order valence-electron chi connectivity index (χ0n) is 19.4. The molecule has 0 spiro atoms. The Morgan fingerprint density at radius 2 is 1.97 bits per heavy atom. The van der Waals surface area contributed by atoms with Gasteiger partial charge in [-0.3, -0.25) is 9.59 Å². The quantitative estimate of drug-likeness (QED) is 0.406. The van der Waals surface area contributed by atoms with Crippen molar-refractivity contribution in [1.29, 1.82) is 0 Å². The number of nitrogens with zero attached hydrogens (tertiary/aromatic N) is 5. The number of halogens is 1. The third-order valence-corrected chi connectivity index (χ3v) is 7.68. The van der Waals surface area contributed by atoms with Gasteiger partial charge in [0.2, 0.25) is 0 Å². The minimum atomic E-state index is -0.261. The number of hydrogen-bond donors (Lipinski definition) is 0. The summed E-state index contributed by atoms with van der Waals surface area (Å²) in [5.41, 5.74) is 1.62. The molecule has 180 valence electrons. The molecule has 0 saturated carbocycles. The molecule has 1 aliphatic rings. The van der Waals surface area contributed by atoms with E-state index < -0.39 is 0 Å². The number of carbonyl (C=O) groups is 2. The molecule has 0 aliphatic carbocycles. The highest BCUT2D eigenvalue weighted by molar-refractivity contribution is 7.12. The van der Waals surface area contributed by atoms with Crippen molar-refractivity contribution >= 4 is 28.8 Å². The van der Waals surface area contributed by atoms with Gasteiger partial charge in [0.1, 0.15) is 11.4 Å². The summed E-state index contributed by atoms with van der Waals surface area (Å²) in [5.74, 6) is -0.277. The number of aromatic nitrogens is 3. The van der Waals surface area contributed by atoms with Crippen LogP contribution in [0.4, 0.5) is 4.39 Å². The van der Waals surface area contributed by atoms with E-state index in [-0.39, 0.29) is 29.6 Å². The van der Waals surface area contributed by atoms with Gasteiger partial charge in [-0.1, -0.05) is 24.3 Å². The number of rotatable bonds is 6. The number of piperidine rings is 1. The third kappa shape index (κ3) is 4.68. The molecular formula is C26H26FN5O2S. The van der Waals surface area contributed by atoms with Crippen molar-refractivity contribution in [2.75, 3.05) is 20.1 Å². The third-order valence-electron chi connectivity index (χ3n) is 6.82. The lowest BCUT2D eigenvalue weighted by molar-refractivity contribution is 0.0524. The van der Waals surface area contributed by atoms with Gasteiger partial charge in [0, 0.05) is 38.6 Å². The second-order valence-corrected chi connectivity index (χ2v) is 9.78. The molecule has 1 aliphatic heterocycles. The van der Waals surface area contributed by atoms with Crippen LogP contribution in [0.15, 0.2) is 66.4 Å². The van der Waals surface area contributed by atoms with Crippen LogP contribution in [0.2, 0.25) is 0 Å². The largest absolute Gasteiger partial charge is 0.338 e. The maximum atomic E-state index is 14.5. The lowest BCUT2D eigenvalue weighted by atomic mass is 9.84. The number of amides is 2. The first-order chi connectivity index (χ1) is 17.0. The highest BCUT2D eigenvalue weighted by Gasteiger charge is 2.34. The van der Waals surface area contributed by atoms with Gasteiger partial charge in [0.25, 0.3) is 11.8 Å². The number of hydrogen-bond acceptors (Lipinski definition) is 5. The number of likely N-dealkylation sites (tertiary alicyclic amines) is 1. The molecular weight excluding hydrogens is 465 g/mol. The van der Waals surface area contributed by atoms with Crippen molar-refractivity contribution in [2.24, 2.45) is 5.92 Å². The molecule has 7 nitrogen and oxygen atoms in total. The molecule has 0 unspecified atom stereocenters. The molecule has 0 radical (unpaired) electrons. The summed E-state index contributed by atoms with van der Waals surface area (Å²) in [6.07, 6.45) is 6.84. The standard InChI is InChI=1S/C26H26FN5O2S/c1-30(26(34)23-8-4-15-35-23)22(16-19-6-2-3-7-21(19)27)18-9-13-31(14-10-18)25(33)20-17-29-32-12-5-11-28-24(20)32/h2-8,11-12,15,17-18,22H,9-10,13-14,16H2,1H3/t22-/m0/s1. The summed E-state index contributed by atoms with van der Waals surface area (Å²) < 4.78 is 16.1. The Bertz CT molecular complexity index is 1330. The monoisotopic (exact) mass is 491 g/mol. The minimum Gasteiger partial charge on any atom is -0.338 e. The first kappa shape index (κ1) is 23.2. The first-order valence-electron chi connectivity index (χ1n) is 11.6. The van der Waals surface area contributed by atoms with Gasteiger partial charge in [0.05, 0.1) is 11.1 Å². The van der Waals surface area contributed by atoms with Gasteiger partial charge in [-0.25, -0.2) is 13.9 Å². The maximum absolute atomic E-state index is 14.5. The Morgan fingerprint density at radius 1 is 1.17 bits per heavy atom. The Morgan fingerprint density at radius 3 is 2.71 bits per heavy atom. The summed E-state index contributed by atoms with van der Waals surface area (Å²) in [4.78, 5) is 34.9. The van der Waals surface area contributed by atoms with E-state index in [9.17, 15) is 14.0 Å². The van der Waals surface area contributed by atoms with Crippen molar-refractivity contribution in [3.05, 3.63) is 88.3 Å². The molecule has 9 heteroatoms. The lowest BCUT2D eigenvalue weighted by Crippen LogP contribution is -2.48. The van der Waals surface area contributed by atoms with E-state index in [0.29, 0.717) is 41.2 Å².